The van der Waals surface area contributed by atoms with E-state index in [0.29, 0.717) is 18.3 Å². The highest BCUT2D eigenvalue weighted by atomic mass is 16.1. The van der Waals surface area contributed by atoms with E-state index in [-0.39, 0.29) is 17.1 Å². The highest BCUT2D eigenvalue weighted by Gasteiger charge is 2.31. The summed E-state index contributed by atoms with van der Waals surface area (Å²) in [6.45, 7) is 6.54. The van der Waals surface area contributed by atoms with Gasteiger partial charge in [-0.25, -0.2) is 4.98 Å². The van der Waals surface area contributed by atoms with Crippen LogP contribution in [0.5, 0.6) is 0 Å². The molecule has 0 radical (unpaired) electrons. The average molecular weight is 250 g/mol. The van der Waals surface area contributed by atoms with E-state index in [1.165, 1.54) is 12.8 Å². The fraction of sp³-hybridized carbons (Fsp3) is 0.692. The van der Waals surface area contributed by atoms with Gasteiger partial charge in [0.25, 0.3) is 5.56 Å². The molecule has 0 saturated heterocycles. The van der Waals surface area contributed by atoms with Crippen molar-refractivity contribution in [3.8, 4) is 0 Å². The van der Waals surface area contributed by atoms with E-state index in [2.05, 4.69) is 10.3 Å². The molecule has 1 atom stereocenters. The molecule has 1 aromatic rings. The highest BCUT2D eigenvalue weighted by Crippen LogP contribution is 2.33. The van der Waals surface area contributed by atoms with Crippen LogP contribution in [0.25, 0.3) is 0 Å². The molecule has 1 aliphatic carbocycles. The lowest BCUT2D eigenvalue weighted by Crippen LogP contribution is -2.39. The molecule has 1 heterocycles. The van der Waals surface area contributed by atoms with E-state index < -0.39 is 0 Å². The second-order valence-electron chi connectivity index (χ2n) is 5.95. The van der Waals surface area contributed by atoms with Crippen LogP contribution < -0.4 is 16.6 Å². The maximum absolute atomic E-state index is 12.3. The summed E-state index contributed by atoms with van der Waals surface area (Å²) in [4.78, 5) is 16.5. The number of nitrogens with one attached hydrogen (secondary N) is 1. The van der Waals surface area contributed by atoms with Crippen LogP contribution in [0.3, 0.4) is 0 Å². The summed E-state index contributed by atoms with van der Waals surface area (Å²) < 4.78 is 1.70. The predicted molar refractivity (Wildman–Crippen MR) is 72.7 cm³/mol. The van der Waals surface area contributed by atoms with Gasteiger partial charge in [0, 0.05) is 30.5 Å². The van der Waals surface area contributed by atoms with Gasteiger partial charge in [0.15, 0.2) is 5.82 Å². The summed E-state index contributed by atoms with van der Waals surface area (Å²) in [7, 11) is 0. The van der Waals surface area contributed by atoms with E-state index in [4.69, 9.17) is 5.73 Å². The lowest BCUT2D eigenvalue weighted by Gasteiger charge is -2.23. The molecule has 2 rings (SSSR count). The first-order chi connectivity index (χ1) is 8.43. The zero-order chi connectivity index (χ0) is 13.3. The first-order valence-corrected chi connectivity index (χ1v) is 6.48. The largest absolute Gasteiger partial charge is 0.361 e. The number of hydrogen-bond donors (Lipinski definition) is 2. The van der Waals surface area contributed by atoms with Crippen LogP contribution >= 0.6 is 0 Å². The Morgan fingerprint density at radius 1 is 1.56 bits per heavy atom. The molecule has 1 fully saturated rings. The quantitative estimate of drug-likeness (QED) is 0.840. The molecule has 0 spiro atoms. The third kappa shape index (κ3) is 2.72. The molecule has 5 nitrogen and oxygen atoms in total. The van der Waals surface area contributed by atoms with E-state index >= 15 is 0 Å². The average Bonchev–Trinajstić information content (AvgIpc) is 3.10. The van der Waals surface area contributed by atoms with Gasteiger partial charge < -0.3 is 15.6 Å². The van der Waals surface area contributed by atoms with Crippen LogP contribution in [-0.2, 0) is 5.54 Å². The molecule has 1 aliphatic rings. The number of hydrogen-bond acceptors (Lipinski definition) is 4. The van der Waals surface area contributed by atoms with Crippen molar-refractivity contribution in [1.29, 1.82) is 0 Å². The Bertz CT molecular complexity index is 471. The minimum Gasteiger partial charge on any atom is -0.361 e. The van der Waals surface area contributed by atoms with Crippen LogP contribution in [0.15, 0.2) is 17.2 Å². The van der Waals surface area contributed by atoms with Crippen molar-refractivity contribution in [3.05, 3.63) is 22.7 Å². The number of rotatable bonds is 4. The maximum Gasteiger partial charge on any atom is 0.293 e. The van der Waals surface area contributed by atoms with Gasteiger partial charge in [-0.05, 0) is 39.5 Å². The Balaban J connectivity index is 2.26. The van der Waals surface area contributed by atoms with Crippen LogP contribution in [0, 0.1) is 5.92 Å². The molecule has 0 aliphatic heterocycles. The molecule has 5 heteroatoms. The summed E-state index contributed by atoms with van der Waals surface area (Å²) in [5.41, 5.74) is 5.41. The number of anilines is 1. The summed E-state index contributed by atoms with van der Waals surface area (Å²) in [6, 6.07) is 0.168. The molecule has 100 valence electrons. The molecular weight excluding hydrogens is 228 g/mol. The highest BCUT2D eigenvalue weighted by molar-refractivity contribution is 5.33. The Labute approximate surface area is 107 Å². The van der Waals surface area contributed by atoms with E-state index in [0.717, 1.165) is 0 Å². The standard InChI is InChI=1S/C13H22N4O/c1-13(2,3)17-7-6-15-11(12(17)18)16-10(8-14)9-4-5-9/h6-7,9-10H,4-5,8,14H2,1-3H3,(H,15,16). The van der Waals surface area contributed by atoms with Crippen molar-refractivity contribution >= 4 is 5.82 Å². The number of nitrogens with two attached hydrogens (primary N) is 1. The molecular formula is C13H22N4O. The fourth-order valence-electron chi connectivity index (χ4n) is 2.08. The van der Waals surface area contributed by atoms with Gasteiger partial charge in [0.05, 0.1) is 0 Å². The van der Waals surface area contributed by atoms with Crippen LogP contribution in [0.2, 0.25) is 0 Å². The first kappa shape index (κ1) is 13.1. The summed E-state index contributed by atoms with van der Waals surface area (Å²) in [6.07, 6.45) is 5.77. The summed E-state index contributed by atoms with van der Waals surface area (Å²) in [5.74, 6) is 1.01. The first-order valence-electron chi connectivity index (χ1n) is 6.48. The summed E-state index contributed by atoms with van der Waals surface area (Å²) in [5, 5.41) is 3.20. The van der Waals surface area contributed by atoms with E-state index in [1.807, 2.05) is 20.8 Å². The Morgan fingerprint density at radius 2 is 2.22 bits per heavy atom. The second-order valence-corrected chi connectivity index (χ2v) is 5.95. The monoisotopic (exact) mass is 250 g/mol. The van der Waals surface area contributed by atoms with Crippen LogP contribution in [0.1, 0.15) is 33.6 Å². The predicted octanol–water partition coefficient (Wildman–Crippen LogP) is 1.15. The topological polar surface area (TPSA) is 72.9 Å². The smallest absolute Gasteiger partial charge is 0.293 e. The van der Waals surface area contributed by atoms with Crippen molar-refractivity contribution < 1.29 is 0 Å². The lowest BCUT2D eigenvalue weighted by molar-refractivity contribution is 0.383. The minimum atomic E-state index is -0.242. The second kappa shape index (κ2) is 4.72. The molecule has 0 aromatic carbocycles. The van der Waals surface area contributed by atoms with Gasteiger partial charge in [-0.15, -0.1) is 0 Å². The van der Waals surface area contributed by atoms with Crippen LogP contribution in [0.4, 0.5) is 5.82 Å². The molecule has 0 amide bonds. The third-order valence-electron chi connectivity index (χ3n) is 3.33. The Kier molecular flexibility index (Phi) is 3.43. The lowest BCUT2D eigenvalue weighted by atomic mass is 10.1. The summed E-state index contributed by atoms with van der Waals surface area (Å²) >= 11 is 0. The van der Waals surface area contributed by atoms with Crippen LogP contribution in [-0.4, -0.2) is 22.1 Å². The fourth-order valence-corrected chi connectivity index (χ4v) is 2.08. The van der Waals surface area contributed by atoms with Crippen molar-refractivity contribution in [1.82, 2.24) is 9.55 Å². The Morgan fingerprint density at radius 3 is 2.72 bits per heavy atom. The number of aromatic nitrogens is 2. The van der Waals surface area contributed by atoms with Gasteiger partial charge >= 0.3 is 0 Å². The van der Waals surface area contributed by atoms with Crippen molar-refractivity contribution in [2.24, 2.45) is 11.7 Å². The van der Waals surface area contributed by atoms with Gasteiger partial charge in [0.2, 0.25) is 0 Å². The van der Waals surface area contributed by atoms with Crippen molar-refractivity contribution in [3.63, 3.8) is 0 Å². The minimum absolute atomic E-state index is 0.0795. The van der Waals surface area contributed by atoms with Gasteiger partial charge in [-0.3, -0.25) is 4.79 Å². The zero-order valence-electron chi connectivity index (χ0n) is 11.3. The normalized spacial score (nSPS) is 17.6. The van der Waals surface area contributed by atoms with Gasteiger partial charge in [0.1, 0.15) is 0 Å². The maximum atomic E-state index is 12.3. The Hall–Kier alpha value is -1.36. The van der Waals surface area contributed by atoms with E-state index in [9.17, 15) is 4.79 Å². The molecule has 0 bridgehead atoms. The zero-order valence-corrected chi connectivity index (χ0v) is 11.3. The van der Waals surface area contributed by atoms with Gasteiger partial charge in [-0.1, -0.05) is 0 Å². The van der Waals surface area contributed by atoms with E-state index in [1.54, 1.807) is 17.0 Å². The third-order valence-corrected chi connectivity index (χ3v) is 3.33. The van der Waals surface area contributed by atoms with Crippen molar-refractivity contribution in [2.45, 2.75) is 45.2 Å². The molecule has 3 N–H and O–H groups in total. The SMILES string of the molecule is CC(C)(C)n1ccnc(NC(CN)C2CC2)c1=O. The molecule has 1 saturated carbocycles. The number of nitrogens with zero attached hydrogens (tertiary/aromatic N) is 2. The van der Waals surface area contributed by atoms with Crippen molar-refractivity contribution in [2.75, 3.05) is 11.9 Å². The molecule has 1 aromatic heterocycles. The molecule has 18 heavy (non-hydrogen) atoms. The van der Waals surface area contributed by atoms with Gasteiger partial charge in [-0.2, -0.15) is 0 Å². The molecule has 1 unspecified atom stereocenters.